The third-order valence-electron chi connectivity index (χ3n) is 6.75. The summed E-state index contributed by atoms with van der Waals surface area (Å²) < 4.78 is 26.7. The van der Waals surface area contributed by atoms with Gasteiger partial charge in [0.25, 0.3) is 5.91 Å². The lowest BCUT2D eigenvalue weighted by atomic mass is 10.00. The minimum Gasteiger partial charge on any atom is -0.494 e. The zero-order valence-electron chi connectivity index (χ0n) is 20.4. The lowest BCUT2D eigenvalue weighted by Gasteiger charge is -2.35. The fourth-order valence-electron chi connectivity index (χ4n) is 4.94. The predicted molar refractivity (Wildman–Crippen MR) is 132 cm³/mol. The molecule has 36 heavy (non-hydrogen) atoms. The summed E-state index contributed by atoms with van der Waals surface area (Å²) in [6.07, 6.45) is 3.96. The summed E-state index contributed by atoms with van der Waals surface area (Å²) in [5.74, 6) is -0.227. The van der Waals surface area contributed by atoms with E-state index in [2.05, 4.69) is 11.4 Å². The second kappa shape index (κ2) is 10.0. The second-order valence-electron chi connectivity index (χ2n) is 8.96. The van der Waals surface area contributed by atoms with Crippen molar-refractivity contribution in [3.8, 4) is 17.0 Å². The summed E-state index contributed by atoms with van der Waals surface area (Å²) in [5, 5.41) is 3.35. The van der Waals surface area contributed by atoms with Crippen LogP contribution in [0, 0.1) is 5.82 Å². The van der Waals surface area contributed by atoms with Crippen LogP contribution in [0.15, 0.2) is 42.6 Å². The minimum atomic E-state index is -0.671. The van der Waals surface area contributed by atoms with Crippen molar-refractivity contribution < 1.29 is 23.5 Å². The van der Waals surface area contributed by atoms with Gasteiger partial charge in [-0.25, -0.2) is 9.37 Å². The van der Waals surface area contributed by atoms with E-state index in [4.69, 9.17) is 14.5 Å². The molecular weight excluding hydrogens is 463 g/mol. The number of nitrogens with one attached hydrogen (secondary N) is 1. The first-order valence-electron chi connectivity index (χ1n) is 12.2. The highest BCUT2D eigenvalue weighted by atomic mass is 19.1. The summed E-state index contributed by atoms with van der Waals surface area (Å²) in [6, 6.07) is 9.74. The number of carbonyl (C=O) groups excluding carboxylic acids is 2. The molecule has 0 unspecified atom stereocenters. The number of amides is 1. The van der Waals surface area contributed by atoms with Crippen molar-refractivity contribution in [1.82, 2.24) is 14.5 Å². The van der Waals surface area contributed by atoms with Crippen molar-refractivity contribution >= 4 is 17.7 Å². The van der Waals surface area contributed by atoms with E-state index < -0.39 is 17.8 Å². The summed E-state index contributed by atoms with van der Waals surface area (Å²) in [5.41, 5.74) is 3.87. The second-order valence-corrected chi connectivity index (χ2v) is 8.96. The highest BCUT2D eigenvalue weighted by Gasteiger charge is 2.34. The quantitative estimate of drug-likeness (QED) is 0.498. The van der Waals surface area contributed by atoms with Gasteiger partial charge in [0.15, 0.2) is 11.6 Å². The number of aromatic nitrogens is 2. The number of aryl methyl sites for hydroxylation is 1. The summed E-state index contributed by atoms with van der Waals surface area (Å²) >= 11 is 0. The van der Waals surface area contributed by atoms with Gasteiger partial charge in [-0.15, -0.1) is 0 Å². The Morgan fingerprint density at radius 3 is 2.86 bits per heavy atom. The van der Waals surface area contributed by atoms with Gasteiger partial charge < -0.3 is 24.3 Å². The van der Waals surface area contributed by atoms with E-state index in [-0.39, 0.29) is 24.7 Å². The standard InChI is InChI=1S/C27H29FN4O4/c1-3-36-25(33)15-22(18-7-9-24(35-2)20(28)13-18)32-12-11-31-16-19(14-23(31)27(32)34)21-8-6-17-5-4-10-29-26(17)30-21/h6-9,13-14,16,22H,3-5,10-12,15H2,1-2H3,(H,29,30)/t22-/m0/s1. The van der Waals surface area contributed by atoms with Gasteiger partial charge in [0.2, 0.25) is 0 Å². The van der Waals surface area contributed by atoms with E-state index in [1.54, 1.807) is 17.9 Å². The molecule has 2 aromatic heterocycles. The van der Waals surface area contributed by atoms with Crippen LogP contribution in [0.4, 0.5) is 10.2 Å². The van der Waals surface area contributed by atoms with Gasteiger partial charge in [-0.3, -0.25) is 9.59 Å². The summed E-state index contributed by atoms with van der Waals surface area (Å²) in [6.45, 7) is 3.77. The summed E-state index contributed by atoms with van der Waals surface area (Å²) in [7, 11) is 1.39. The van der Waals surface area contributed by atoms with Crippen molar-refractivity contribution in [2.45, 2.75) is 38.8 Å². The van der Waals surface area contributed by atoms with Crippen molar-refractivity contribution in [2.24, 2.45) is 0 Å². The van der Waals surface area contributed by atoms with E-state index in [0.29, 0.717) is 24.3 Å². The van der Waals surface area contributed by atoms with Crippen LogP contribution in [0.3, 0.4) is 0 Å². The minimum absolute atomic E-state index is 0.0725. The van der Waals surface area contributed by atoms with Crippen molar-refractivity contribution in [1.29, 1.82) is 0 Å². The monoisotopic (exact) mass is 492 g/mol. The molecule has 1 aromatic carbocycles. The number of nitrogens with zero attached hydrogens (tertiary/aromatic N) is 3. The van der Waals surface area contributed by atoms with Gasteiger partial charge in [-0.2, -0.15) is 0 Å². The van der Waals surface area contributed by atoms with E-state index in [9.17, 15) is 14.0 Å². The third-order valence-corrected chi connectivity index (χ3v) is 6.75. The molecule has 8 nitrogen and oxygen atoms in total. The number of ether oxygens (including phenoxy) is 2. The Hall–Kier alpha value is -3.88. The molecule has 3 aromatic rings. The lowest BCUT2D eigenvalue weighted by Crippen LogP contribution is -2.43. The molecule has 0 radical (unpaired) electrons. The van der Waals surface area contributed by atoms with Crippen LogP contribution in [0.5, 0.6) is 5.75 Å². The lowest BCUT2D eigenvalue weighted by molar-refractivity contribution is -0.144. The van der Waals surface area contributed by atoms with E-state index in [0.717, 1.165) is 36.5 Å². The first kappa shape index (κ1) is 23.8. The first-order valence-corrected chi connectivity index (χ1v) is 12.2. The van der Waals surface area contributed by atoms with Crippen molar-refractivity contribution in [2.75, 3.05) is 32.1 Å². The molecule has 188 valence electrons. The number of esters is 1. The number of benzene rings is 1. The molecule has 5 rings (SSSR count). The number of methoxy groups -OCH3 is 1. The van der Waals surface area contributed by atoms with Gasteiger partial charge in [-0.05, 0) is 55.2 Å². The number of pyridine rings is 1. The van der Waals surface area contributed by atoms with Crippen LogP contribution in [-0.4, -0.2) is 53.1 Å². The predicted octanol–water partition coefficient (Wildman–Crippen LogP) is 4.21. The molecule has 1 atom stereocenters. The average Bonchev–Trinajstić information content (AvgIpc) is 3.33. The first-order chi connectivity index (χ1) is 17.5. The number of hydrogen-bond donors (Lipinski definition) is 1. The van der Waals surface area contributed by atoms with Gasteiger partial charge in [-0.1, -0.05) is 12.1 Å². The van der Waals surface area contributed by atoms with Gasteiger partial charge in [0.1, 0.15) is 11.5 Å². The van der Waals surface area contributed by atoms with Crippen LogP contribution < -0.4 is 10.1 Å². The molecule has 2 aliphatic heterocycles. The molecule has 9 heteroatoms. The number of hydrogen-bond acceptors (Lipinski definition) is 6. The number of rotatable bonds is 7. The molecule has 0 fully saturated rings. The fourth-order valence-corrected chi connectivity index (χ4v) is 4.94. The van der Waals surface area contributed by atoms with Crippen LogP contribution in [0.2, 0.25) is 0 Å². The van der Waals surface area contributed by atoms with E-state index >= 15 is 0 Å². The largest absolute Gasteiger partial charge is 0.494 e. The molecule has 1 amide bonds. The van der Waals surface area contributed by atoms with E-state index in [1.165, 1.54) is 24.8 Å². The fraction of sp³-hybridized carbons (Fsp3) is 0.370. The zero-order valence-corrected chi connectivity index (χ0v) is 20.4. The number of fused-ring (bicyclic) bond motifs is 2. The summed E-state index contributed by atoms with van der Waals surface area (Å²) in [4.78, 5) is 32.5. The highest BCUT2D eigenvalue weighted by Crippen LogP contribution is 2.33. The maximum absolute atomic E-state index is 14.5. The molecule has 0 saturated carbocycles. The SMILES string of the molecule is CCOC(=O)C[C@@H](c1ccc(OC)c(F)c1)N1CCn2cc(-c3ccc4c(n3)NCCC4)cc2C1=O. The molecule has 1 N–H and O–H groups in total. The Kier molecular flexibility index (Phi) is 6.63. The normalized spacial score (nSPS) is 15.5. The maximum atomic E-state index is 14.5. The molecular formula is C27H29FN4O4. The Morgan fingerprint density at radius 2 is 2.08 bits per heavy atom. The molecule has 2 aliphatic rings. The number of anilines is 1. The van der Waals surface area contributed by atoms with Gasteiger partial charge in [0.05, 0.1) is 31.9 Å². The van der Waals surface area contributed by atoms with Crippen LogP contribution in [-0.2, 0) is 22.5 Å². The Morgan fingerprint density at radius 1 is 1.22 bits per heavy atom. The molecule has 0 bridgehead atoms. The third kappa shape index (κ3) is 4.53. The van der Waals surface area contributed by atoms with Crippen molar-refractivity contribution in [3.05, 3.63) is 65.2 Å². The number of halogens is 1. The molecule has 4 heterocycles. The Labute approximate surface area is 209 Å². The molecule has 0 spiro atoms. The highest BCUT2D eigenvalue weighted by molar-refractivity contribution is 5.95. The topological polar surface area (TPSA) is 85.7 Å². The molecule has 0 aliphatic carbocycles. The Balaban J connectivity index is 1.46. The zero-order chi connectivity index (χ0) is 25.2. The van der Waals surface area contributed by atoms with Crippen LogP contribution in [0.1, 0.15) is 47.4 Å². The van der Waals surface area contributed by atoms with E-state index in [1.807, 2.05) is 22.9 Å². The number of carbonyl (C=O) groups is 2. The Bertz CT molecular complexity index is 1300. The maximum Gasteiger partial charge on any atom is 0.308 e. The average molecular weight is 493 g/mol. The molecule has 0 saturated heterocycles. The van der Waals surface area contributed by atoms with Gasteiger partial charge in [0, 0.05) is 31.4 Å². The van der Waals surface area contributed by atoms with Crippen LogP contribution >= 0.6 is 0 Å². The van der Waals surface area contributed by atoms with Gasteiger partial charge >= 0.3 is 5.97 Å². The smallest absolute Gasteiger partial charge is 0.308 e. The van der Waals surface area contributed by atoms with Crippen molar-refractivity contribution in [3.63, 3.8) is 0 Å². The van der Waals surface area contributed by atoms with Crippen LogP contribution in [0.25, 0.3) is 11.3 Å².